The molecule has 5 nitrogen and oxygen atoms in total. The number of fused-ring (bicyclic) bond motifs is 1. The maximum atomic E-state index is 11.7. The second kappa shape index (κ2) is 4.63. The summed E-state index contributed by atoms with van der Waals surface area (Å²) in [6.45, 7) is 3.98. The first kappa shape index (κ1) is 14.6. The number of aryl methyl sites for hydroxylation is 1. The average Bonchev–Trinajstić information content (AvgIpc) is 2.65. The molecule has 2 rings (SSSR count). The van der Waals surface area contributed by atoms with Crippen LogP contribution in [-0.4, -0.2) is 30.3 Å². The minimum absolute atomic E-state index is 0.0114. The molecule has 0 aliphatic rings. The van der Waals surface area contributed by atoms with Crippen molar-refractivity contribution in [3.63, 3.8) is 0 Å². The highest BCUT2D eigenvalue weighted by Crippen LogP contribution is 2.31. The van der Waals surface area contributed by atoms with Crippen LogP contribution in [0.4, 0.5) is 0 Å². The fraction of sp³-hybridized carbons (Fsp3) is 0.357. The number of carboxylic acids is 1. The van der Waals surface area contributed by atoms with E-state index < -0.39 is 15.8 Å². The van der Waals surface area contributed by atoms with Crippen molar-refractivity contribution in [1.29, 1.82) is 0 Å². The van der Waals surface area contributed by atoms with Crippen LogP contribution in [0.5, 0.6) is 0 Å². The maximum absolute atomic E-state index is 11.7. The fourth-order valence-electron chi connectivity index (χ4n) is 2.39. The molecule has 0 atom stereocenters. The lowest BCUT2D eigenvalue weighted by atomic mass is 10.0. The Morgan fingerprint density at radius 2 is 1.90 bits per heavy atom. The van der Waals surface area contributed by atoms with Gasteiger partial charge in [0.05, 0.1) is 16.0 Å². The predicted octanol–water partition coefficient (Wildman–Crippen LogP) is 2.40. The third-order valence-electron chi connectivity index (χ3n) is 3.36. The molecule has 0 spiro atoms. The van der Waals surface area contributed by atoms with E-state index in [1.165, 1.54) is 6.07 Å². The Labute approximate surface area is 117 Å². The average molecular weight is 295 g/mol. The van der Waals surface area contributed by atoms with Crippen molar-refractivity contribution in [2.75, 3.05) is 6.26 Å². The van der Waals surface area contributed by atoms with Gasteiger partial charge in [-0.3, -0.25) is 0 Å². The van der Waals surface area contributed by atoms with Crippen molar-refractivity contribution in [2.45, 2.75) is 24.7 Å². The molecule has 0 unspecified atom stereocenters. The molecule has 1 aromatic heterocycles. The number of benzene rings is 1. The Morgan fingerprint density at radius 3 is 2.35 bits per heavy atom. The lowest BCUT2D eigenvalue weighted by Gasteiger charge is -2.07. The van der Waals surface area contributed by atoms with Crippen LogP contribution in [0.2, 0.25) is 0 Å². The molecule has 0 radical (unpaired) electrons. The van der Waals surface area contributed by atoms with Gasteiger partial charge in [0.1, 0.15) is 0 Å². The molecular formula is C14H17NO4S. The Kier molecular flexibility index (Phi) is 3.37. The largest absolute Gasteiger partial charge is 0.478 e. The predicted molar refractivity (Wildman–Crippen MR) is 77.1 cm³/mol. The van der Waals surface area contributed by atoms with E-state index in [4.69, 9.17) is 0 Å². The number of carbonyl (C=O) groups is 1. The van der Waals surface area contributed by atoms with Gasteiger partial charge in [-0.25, -0.2) is 13.2 Å². The zero-order valence-electron chi connectivity index (χ0n) is 11.8. The summed E-state index contributed by atoms with van der Waals surface area (Å²) in [5.41, 5.74) is 1.50. The quantitative estimate of drug-likeness (QED) is 0.943. The molecule has 1 heterocycles. The van der Waals surface area contributed by atoms with Crippen molar-refractivity contribution in [2.24, 2.45) is 7.05 Å². The minimum atomic E-state index is -3.46. The van der Waals surface area contributed by atoms with Gasteiger partial charge in [0.15, 0.2) is 9.84 Å². The number of aromatic nitrogens is 1. The molecule has 6 heteroatoms. The van der Waals surface area contributed by atoms with Crippen LogP contribution >= 0.6 is 0 Å². The zero-order chi connectivity index (χ0) is 15.2. The summed E-state index contributed by atoms with van der Waals surface area (Å²) in [6.07, 6.45) is 2.94. The van der Waals surface area contributed by atoms with Gasteiger partial charge in [0, 0.05) is 24.9 Å². The smallest absolute Gasteiger partial charge is 0.337 e. The van der Waals surface area contributed by atoms with Gasteiger partial charge >= 0.3 is 5.97 Å². The van der Waals surface area contributed by atoms with Crippen LogP contribution in [-0.2, 0) is 16.9 Å². The SMILES string of the molecule is CC(C)c1cn(C)c2c(C(=O)O)cc(S(C)(=O)=O)cc12. The summed E-state index contributed by atoms with van der Waals surface area (Å²) in [5, 5.41) is 10.0. The first-order valence-electron chi connectivity index (χ1n) is 6.19. The molecule has 0 saturated carbocycles. The Bertz CT molecular complexity index is 800. The van der Waals surface area contributed by atoms with E-state index in [9.17, 15) is 18.3 Å². The molecule has 0 saturated heterocycles. The molecule has 1 N–H and O–H groups in total. The van der Waals surface area contributed by atoms with Crippen LogP contribution < -0.4 is 0 Å². The zero-order valence-corrected chi connectivity index (χ0v) is 12.7. The van der Waals surface area contributed by atoms with E-state index in [0.29, 0.717) is 10.9 Å². The van der Waals surface area contributed by atoms with E-state index in [-0.39, 0.29) is 16.4 Å². The van der Waals surface area contributed by atoms with Crippen molar-refractivity contribution in [3.05, 3.63) is 29.5 Å². The molecule has 20 heavy (non-hydrogen) atoms. The van der Waals surface area contributed by atoms with E-state index in [1.807, 2.05) is 20.0 Å². The van der Waals surface area contributed by atoms with Crippen LogP contribution in [0.1, 0.15) is 35.7 Å². The highest BCUT2D eigenvalue weighted by atomic mass is 32.2. The molecular weight excluding hydrogens is 278 g/mol. The van der Waals surface area contributed by atoms with E-state index in [0.717, 1.165) is 11.8 Å². The third-order valence-corrected chi connectivity index (χ3v) is 4.45. The third kappa shape index (κ3) is 2.31. The summed E-state index contributed by atoms with van der Waals surface area (Å²) in [4.78, 5) is 11.5. The number of hydrogen-bond donors (Lipinski definition) is 1. The Hall–Kier alpha value is -1.82. The van der Waals surface area contributed by atoms with Gasteiger partial charge in [-0.05, 0) is 23.6 Å². The number of aromatic carboxylic acids is 1. The van der Waals surface area contributed by atoms with Crippen molar-refractivity contribution in [1.82, 2.24) is 4.57 Å². The molecule has 0 amide bonds. The first-order chi connectivity index (χ1) is 9.12. The number of rotatable bonds is 3. The standard InChI is InChI=1S/C14H17NO4S/c1-8(2)12-7-15(3)13-10(12)5-9(20(4,18)19)6-11(13)14(16)17/h5-8H,1-4H3,(H,16,17). The second-order valence-corrected chi connectivity index (χ2v) is 7.31. The topological polar surface area (TPSA) is 76.4 Å². The first-order valence-corrected chi connectivity index (χ1v) is 8.08. The van der Waals surface area contributed by atoms with Crippen molar-refractivity contribution in [3.8, 4) is 0 Å². The number of nitrogens with zero attached hydrogens (tertiary/aromatic N) is 1. The molecule has 1 aromatic carbocycles. The summed E-state index contributed by atoms with van der Waals surface area (Å²) in [7, 11) is -1.69. The summed E-state index contributed by atoms with van der Waals surface area (Å²) >= 11 is 0. The van der Waals surface area contributed by atoms with Gasteiger partial charge in [-0.2, -0.15) is 0 Å². The van der Waals surface area contributed by atoms with Crippen molar-refractivity contribution >= 4 is 26.7 Å². The van der Waals surface area contributed by atoms with E-state index in [2.05, 4.69) is 0 Å². The summed E-state index contributed by atoms with van der Waals surface area (Å²) < 4.78 is 25.2. The lowest BCUT2D eigenvalue weighted by Crippen LogP contribution is -2.05. The number of hydrogen-bond acceptors (Lipinski definition) is 3. The molecule has 0 fully saturated rings. The summed E-state index contributed by atoms with van der Waals surface area (Å²) in [5.74, 6) is -0.952. The van der Waals surface area contributed by atoms with E-state index in [1.54, 1.807) is 17.7 Å². The number of carboxylic acid groups (broad SMARTS) is 1. The fourth-order valence-corrected chi connectivity index (χ4v) is 3.05. The van der Waals surface area contributed by atoms with Gasteiger partial charge in [0.25, 0.3) is 0 Å². The number of sulfone groups is 1. The van der Waals surface area contributed by atoms with E-state index >= 15 is 0 Å². The Morgan fingerprint density at radius 1 is 1.30 bits per heavy atom. The van der Waals surface area contributed by atoms with Gasteiger partial charge in [-0.1, -0.05) is 13.8 Å². The highest BCUT2D eigenvalue weighted by molar-refractivity contribution is 7.90. The monoisotopic (exact) mass is 295 g/mol. The molecule has 0 bridgehead atoms. The molecule has 0 aliphatic carbocycles. The minimum Gasteiger partial charge on any atom is -0.478 e. The van der Waals surface area contributed by atoms with Gasteiger partial charge in [-0.15, -0.1) is 0 Å². The second-order valence-electron chi connectivity index (χ2n) is 5.29. The van der Waals surface area contributed by atoms with Crippen molar-refractivity contribution < 1.29 is 18.3 Å². The molecule has 108 valence electrons. The van der Waals surface area contributed by atoms with Gasteiger partial charge < -0.3 is 9.67 Å². The lowest BCUT2D eigenvalue weighted by molar-refractivity contribution is 0.0698. The van der Waals surface area contributed by atoms with Crippen LogP contribution in [0, 0.1) is 0 Å². The van der Waals surface area contributed by atoms with Gasteiger partial charge in [0.2, 0.25) is 0 Å². The maximum Gasteiger partial charge on any atom is 0.337 e. The van der Waals surface area contributed by atoms with Crippen LogP contribution in [0.3, 0.4) is 0 Å². The highest BCUT2D eigenvalue weighted by Gasteiger charge is 2.21. The normalized spacial score (nSPS) is 12.2. The molecule has 0 aliphatic heterocycles. The van der Waals surface area contributed by atoms with Crippen LogP contribution in [0.25, 0.3) is 10.9 Å². The molecule has 2 aromatic rings. The van der Waals surface area contributed by atoms with Crippen LogP contribution in [0.15, 0.2) is 23.2 Å². The summed E-state index contributed by atoms with van der Waals surface area (Å²) in [6, 6.07) is 2.79. The Balaban J connectivity index is 2.99.